The zero-order valence-corrected chi connectivity index (χ0v) is 13.8. The van der Waals surface area contributed by atoms with E-state index in [0.717, 1.165) is 12.3 Å². The zero-order valence-electron chi connectivity index (χ0n) is 13.8. The summed E-state index contributed by atoms with van der Waals surface area (Å²) in [6.45, 7) is 4.67. The van der Waals surface area contributed by atoms with Gasteiger partial charge in [0.05, 0.1) is 12.6 Å². The molecule has 0 aliphatic carbocycles. The third kappa shape index (κ3) is 3.45. The van der Waals surface area contributed by atoms with Crippen LogP contribution in [0.5, 0.6) is 0 Å². The van der Waals surface area contributed by atoms with E-state index in [2.05, 4.69) is 10.3 Å². The summed E-state index contributed by atoms with van der Waals surface area (Å²) in [5.74, 6) is -2.31. The van der Waals surface area contributed by atoms with Gasteiger partial charge < -0.3 is 15.2 Å². The Morgan fingerprint density at radius 2 is 2.04 bits per heavy atom. The molecule has 1 aromatic heterocycles. The molecule has 6 nitrogen and oxygen atoms in total. The van der Waals surface area contributed by atoms with Crippen LogP contribution < -0.4 is 5.32 Å². The average Bonchev–Trinajstić information content (AvgIpc) is 2.51. The molecule has 0 fully saturated rings. The van der Waals surface area contributed by atoms with Crippen LogP contribution in [0.2, 0.25) is 0 Å². The predicted molar refractivity (Wildman–Crippen MR) is 80.2 cm³/mol. The molecule has 1 aliphatic rings. The lowest BCUT2D eigenvalue weighted by atomic mass is 9.75. The number of alkyl halides is 3. The standard InChI is InChI=1S/C16H17F3N2O4/c1-4-25-14(24)10-12(22)15(2,3)11(21-13(10)23)8-5-6-9(20-7-8)16(17,18)19/h5-7,11,22H,4H2,1-3H3,(H,21,23). The van der Waals surface area contributed by atoms with Crippen LogP contribution in [0.4, 0.5) is 13.2 Å². The van der Waals surface area contributed by atoms with Gasteiger partial charge in [-0.3, -0.25) is 9.78 Å². The van der Waals surface area contributed by atoms with Crippen molar-refractivity contribution in [2.75, 3.05) is 6.61 Å². The monoisotopic (exact) mass is 358 g/mol. The van der Waals surface area contributed by atoms with Crippen LogP contribution in [0, 0.1) is 5.41 Å². The fourth-order valence-corrected chi connectivity index (χ4v) is 2.59. The normalized spacial score (nSPS) is 20.2. The Morgan fingerprint density at radius 1 is 1.40 bits per heavy atom. The number of nitrogens with zero attached hydrogens (tertiary/aromatic N) is 1. The van der Waals surface area contributed by atoms with E-state index in [1.165, 1.54) is 6.07 Å². The van der Waals surface area contributed by atoms with Crippen LogP contribution in [-0.4, -0.2) is 28.6 Å². The molecule has 1 unspecified atom stereocenters. The number of carbonyl (C=O) groups excluding carboxylic acids is 2. The lowest BCUT2D eigenvalue weighted by Gasteiger charge is -2.38. The molecule has 0 aromatic carbocycles. The maximum Gasteiger partial charge on any atom is 0.433 e. The minimum atomic E-state index is -4.58. The molecule has 1 amide bonds. The Labute approximate surface area is 141 Å². The summed E-state index contributed by atoms with van der Waals surface area (Å²) in [6.07, 6.45) is -3.60. The second-order valence-electron chi connectivity index (χ2n) is 6.05. The first-order valence-electron chi connectivity index (χ1n) is 7.45. The first kappa shape index (κ1) is 18.8. The third-order valence-corrected chi connectivity index (χ3v) is 3.96. The highest BCUT2D eigenvalue weighted by molar-refractivity contribution is 6.17. The van der Waals surface area contributed by atoms with Gasteiger partial charge in [0, 0.05) is 11.6 Å². The average molecular weight is 358 g/mol. The van der Waals surface area contributed by atoms with Crippen molar-refractivity contribution in [2.45, 2.75) is 33.0 Å². The quantitative estimate of drug-likeness (QED) is 0.641. The SMILES string of the molecule is CCOC(=O)C1=C(O)C(C)(C)C(c2ccc(C(F)(F)F)nc2)NC1=O. The van der Waals surface area contributed by atoms with E-state index in [1.807, 2.05) is 0 Å². The van der Waals surface area contributed by atoms with E-state index >= 15 is 0 Å². The molecule has 2 N–H and O–H groups in total. The number of pyridine rings is 1. The van der Waals surface area contributed by atoms with E-state index in [4.69, 9.17) is 4.74 Å². The summed E-state index contributed by atoms with van der Waals surface area (Å²) < 4.78 is 42.6. The predicted octanol–water partition coefficient (Wildman–Crippen LogP) is 2.67. The number of aliphatic hydroxyl groups excluding tert-OH is 1. The molecule has 0 saturated carbocycles. The number of aliphatic hydroxyl groups is 1. The maximum atomic E-state index is 12.6. The number of carbonyl (C=O) groups is 2. The Bertz CT molecular complexity index is 724. The molecule has 25 heavy (non-hydrogen) atoms. The smallest absolute Gasteiger partial charge is 0.433 e. The van der Waals surface area contributed by atoms with Crippen molar-refractivity contribution in [1.82, 2.24) is 10.3 Å². The van der Waals surface area contributed by atoms with Crippen LogP contribution in [0.15, 0.2) is 29.7 Å². The van der Waals surface area contributed by atoms with Crippen LogP contribution in [0.3, 0.4) is 0 Å². The number of halogens is 3. The lowest BCUT2D eigenvalue weighted by molar-refractivity contribution is -0.142. The molecule has 136 valence electrons. The van der Waals surface area contributed by atoms with Gasteiger partial charge in [0.2, 0.25) is 0 Å². The Balaban J connectivity index is 2.42. The molecular formula is C16H17F3N2O4. The van der Waals surface area contributed by atoms with Gasteiger partial charge in [-0.05, 0) is 18.6 Å². The van der Waals surface area contributed by atoms with Crippen molar-refractivity contribution in [1.29, 1.82) is 0 Å². The lowest BCUT2D eigenvalue weighted by Crippen LogP contribution is -2.47. The van der Waals surface area contributed by atoms with Gasteiger partial charge in [0.25, 0.3) is 5.91 Å². The first-order chi connectivity index (χ1) is 11.5. The molecule has 0 spiro atoms. The van der Waals surface area contributed by atoms with Crippen molar-refractivity contribution < 1.29 is 32.6 Å². The molecule has 9 heteroatoms. The largest absolute Gasteiger partial charge is 0.511 e. The maximum absolute atomic E-state index is 12.6. The number of hydrogen-bond acceptors (Lipinski definition) is 5. The van der Waals surface area contributed by atoms with Crippen LogP contribution >= 0.6 is 0 Å². The van der Waals surface area contributed by atoms with E-state index in [9.17, 15) is 27.9 Å². The summed E-state index contributed by atoms with van der Waals surface area (Å²) in [5, 5.41) is 12.9. The summed E-state index contributed by atoms with van der Waals surface area (Å²) in [5.41, 5.74) is -2.47. The molecule has 0 bridgehead atoms. The number of ether oxygens (including phenoxy) is 1. The van der Waals surface area contributed by atoms with Gasteiger partial charge in [-0.2, -0.15) is 13.2 Å². The van der Waals surface area contributed by atoms with E-state index in [1.54, 1.807) is 20.8 Å². The van der Waals surface area contributed by atoms with Crippen LogP contribution in [-0.2, 0) is 20.5 Å². The fraction of sp³-hybridized carbons (Fsp3) is 0.438. The molecule has 2 heterocycles. The van der Waals surface area contributed by atoms with Gasteiger partial charge in [-0.25, -0.2) is 4.79 Å². The summed E-state index contributed by atoms with van der Waals surface area (Å²) in [6, 6.07) is 1.10. The van der Waals surface area contributed by atoms with Crippen molar-refractivity contribution >= 4 is 11.9 Å². The molecule has 1 aromatic rings. The molecule has 0 radical (unpaired) electrons. The van der Waals surface area contributed by atoms with Gasteiger partial charge >= 0.3 is 12.1 Å². The molecule has 1 aliphatic heterocycles. The van der Waals surface area contributed by atoms with Crippen molar-refractivity contribution in [2.24, 2.45) is 5.41 Å². The Kier molecular flexibility index (Phi) is 4.79. The topological polar surface area (TPSA) is 88.5 Å². The van der Waals surface area contributed by atoms with Crippen LogP contribution in [0.25, 0.3) is 0 Å². The molecular weight excluding hydrogens is 341 g/mol. The molecule has 0 saturated heterocycles. The first-order valence-corrected chi connectivity index (χ1v) is 7.45. The second-order valence-corrected chi connectivity index (χ2v) is 6.05. The summed E-state index contributed by atoms with van der Waals surface area (Å²) >= 11 is 0. The second kappa shape index (κ2) is 6.38. The van der Waals surface area contributed by atoms with Crippen molar-refractivity contribution in [3.63, 3.8) is 0 Å². The van der Waals surface area contributed by atoms with E-state index in [-0.39, 0.29) is 12.2 Å². The summed E-state index contributed by atoms with van der Waals surface area (Å²) in [4.78, 5) is 27.4. The minimum absolute atomic E-state index is 0.0234. The number of amides is 1. The van der Waals surface area contributed by atoms with E-state index < -0.39 is 46.5 Å². The van der Waals surface area contributed by atoms with Crippen molar-refractivity contribution in [3.8, 4) is 0 Å². The molecule has 1 atom stereocenters. The van der Waals surface area contributed by atoms with Crippen LogP contribution in [0.1, 0.15) is 38.1 Å². The zero-order chi connectivity index (χ0) is 19.0. The highest BCUT2D eigenvalue weighted by Crippen LogP contribution is 2.43. The van der Waals surface area contributed by atoms with Gasteiger partial charge in [0.1, 0.15) is 11.5 Å². The highest BCUT2D eigenvalue weighted by atomic mass is 19.4. The third-order valence-electron chi connectivity index (χ3n) is 3.96. The number of nitrogens with one attached hydrogen (secondary N) is 1. The highest BCUT2D eigenvalue weighted by Gasteiger charge is 2.46. The Morgan fingerprint density at radius 3 is 2.52 bits per heavy atom. The van der Waals surface area contributed by atoms with Gasteiger partial charge in [-0.15, -0.1) is 0 Å². The fourth-order valence-electron chi connectivity index (χ4n) is 2.59. The number of hydrogen-bond donors (Lipinski definition) is 2. The Hall–Kier alpha value is -2.58. The van der Waals surface area contributed by atoms with Crippen molar-refractivity contribution in [3.05, 3.63) is 40.9 Å². The minimum Gasteiger partial charge on any atom is -0.511 e. The summed E-state index contributed by atoms with van der Waals surface area (Å²) in [7, 11) is 0. The number of esters is 1. The van der Waals surface area contributed by atoms with Gasteiger partial charge in [-0.1, -0.05) is 19.9 Å². The molecule has 2 rings (SSSR count). The number of aromatic nitrogens is 1. The number of rotatable bonds is 3. The van der Waals surface area contributed by atoms with Gasteiger partial charge in [0.15, 0.2) is 5.57 Å². The van der Waals surface area contributed by atoms with E-state index in [0.29, 0.717) is 0 Å².